The van der Waals surface area contributed by atoms with Crippen molar-refractivity contribution in [2.45, 2.75) is 46.5 Å². The van der Waals surface area contributed by atoms with Gasteiger partial charge >= 0.3 is 5.97 Å². The Morgan fingerprint density at radius 2 is 1.63 bits per heavy atom. The van der Waals surface area contributed by atoms with Gasteiger partial charge in [-0.25, -0.2) is 9.69 Å². The molecule has 1 aliphatic rings. The van der Waals surface area contributed by atoms with Crippen molar-refractivity contribution in [2.75, 3.05) is 4.90 Å². The predicted molar refractivity (Wildman–Crippen MR) is 104 cm³/mol. The Hall–Kier alpha value is -2.95. The quantitative estimate of drug-likeness (QED) is 0.776. The monoisotopic (exact) mass is 365 g/mol. The van der Waals surface area contributed by atoms with Gasteiger partial charge in [0.2, 0.25) is 0 Å². The van der Waals surface area contributed by atoms with Crippen LogP contribution in [0.3, 0.4) is 0 Å². The lowest BCUT2D eigenvalue weighted by Gasteiger charge is -2.24. The van der Waals surface area contributed by atoms with Crippen molar-refractivity contribution in [3.05, 3.63) is 63.7 Å². The number of aromatic carboxylic acids is 1. The van der Waals surface area contributed by atoms with Crippen molar-refractivity contribution in [2.24, 2.45) is 0 Å². The molecule has 5 heteroatoms. The first-order valence-corrected chi connectivity index (χ1v) is 9.34. The van der Waals surface area contributed by atoms with E-state index in [0.717, 1.165) is 36.0 Å². The molecule has 0 saturated heterocycles. The summed E-state index contributed by atoms with van der Waals surface area (Å²) >= 11 is 0. The smallest absolute Gasteiger partial charge is 0.336 e. The summed E-state index contributed by atoms with van der Waals surface area (Å²) in [5.41, 5.74) is 3.69. The zero-order chi connectivity index (χ0) is 19.7. The van der Waals surface area contributed by atoms with Crippen LogP contribution in [0.25, 0.3) is 0 Å². The van der Waals surface area contributed by atoms with Gasteiger partial charge in [0.1, 0.15) is 0 Å². The third-order valence-corrected chi connectivity index (χ3v) is 5.09. The first-order valence-electron chi connectivity index (χ1n) is 9.34. The van der Waals surface area contributed by atoms with Crippen molar-refractivity contribution in [1.29, 1.82) is 0 Å². The second kappa shape index (κ2) is 7.35. The van der Waals surface area contributed by atoms with Gasteiger partial charge in [0, 0.05) is 0 Å². The first kappa shape index (κ1) is 18.8. The normalized spacial score (nSPS) is 13.2. The summed E-state index contributed by atoms with van der Waals surface area (Å²) in [6.07, 6.45) is 3.12. The highest BCUT2D eigenvalue weighted by atomic mass is 16.4. The largest absolute Gasteiger partial charge is 0.478 e. The fourth-order valence-corrected chi connectivity index (χ4v) is 3.82. The van der Waals surface area contributed by atoms with Crippen LogP contribution >= 0.6 is 0 Å². The van der Waals surface area contributed by atoms with Gasteiger partial charge in [-0.15, -0.1) is 0 Å². The van der Waals surface area contributed by atoms with Crippen molar-refractivity contribution in [3.63, 3.8) is 0 Å². The van der Waals surface area contributed by atoms with Gasteiger partial charge in [0.15, 0.2) is 0 Å². The molecule has 0 fully saturated rings. The molecule has 0 spiro atoms. The number of carboxylic acid groups (broad SMARTS) is 1. The van der Waals surface area contributed by atoms with Gasteiger partial charge in [0.25, 0.3) is 11.8 Å². The molecule has 0 radical (unpaired) electrons. The molecular formula is C22H23NO4. The van der Waals surface area contributed by atoms with E-state index in [0.29, 0.717) is 12.1 Å². The SMILES string of the molecule is CCCc1c(CC)ccc(CC)c1N1C(=O)c2cccc(C(=O)O)c2C1=O. The maximum atomic E-state index is 13.2. The highest BCUT2D eigenvalue weighted by molar-refractivity contribution is 6.36. The second-order valence-electron chi connectivity index (χ2n) is 6.65. The molecule has 5 nitrogen and oxygen atoms in total. The molecule has 0 saturated carbocycles. The molecule has 140 valence electrons. The number of carbonyl (C=O) groups excluding carboxylic acids is 2. The summed E-state index contributed by atoms with van der Waals surface area (Å²) in [6.45, 7) is 6.10. The van der Waals surface area contributed by atoms with Crippen LogP contribution in [0.5, 0.6) is 0 Å². The number of hydrogen-bond donors (Lipinski definition) is 1. The number of imide groups is 1. The maximum absolute atomic E-state index is 13.2. The van der Waals surface area contributed by atoms with E-state index in [4.69, 9.17) is 0 Å². The van der Waals surface area contributed by atoms with E-state index in [1.807, 2.05) is 13.0 Å². The highest BCUT2D eigenvalue weighted by Crippen LogP contribution is 2.37. The Bertz CT molecular complexity index is 946. The number of fused-ring (bicyclic) bond motifs is 1. The number of carboxylic acids is 1. The fourth-order valence-electron chi connectivity index (χ4n) is 3.82. The molecule has 27 heavy (non-hydrogen) atoms. The zero-order valence-electron chi connectivity index (χ0n) is 15.8. The van der Waals surface area contributed by atoms with E-state index in [-0.39, 0.29) is 16.7 Å². The summed E-state index contributed by atoms with van der Waals surface area (Å²) in [7, 11) is 0. The van der Waals surface area contributed by atoms with Crippen LogP contribution in [0, 0.1) is 0 Å². The minimum Gasteiger partial charge on any atom is -0.478 e. The lowest BCUT2D eigenvalue weighted by atomic mass is 9.93. The van der Waals surface area contributed by atoms with Crippen molar-refractivity contribution in [3.8, 4) is 0 Å². The van der Waals surface area contributed by atoms with E-state index in [9.17, 15) is 19.5 Å². The lowest BCUT2D eigenvalue weighted by molar-refractivity contribution is 0.0692. The number of carbonyl (C=O) groups is 3. The molecule has 0 atom stereocenters. The molecule has 0 aromatic heterocycles. The third kappa shape index (κ3) is 2.93. The van der Waals surface area contributed by atoms with Gasteiger partial charge in [-0.05, 0) is 48.1 Å². The molecular weight excluding hydrogens is 342 g/mol. The predicted octanol–water partition coefficient (Wildman–Crippen LogP) is 4.26. The molecule has 0 unspecified atom stereocenters. The number of nitrogens with zero attached hydrogens (tertiary/aromatic N) is 1. The molecule has 1 N–H and O–H groups in total. The highest BCUT2D eigenvalue weighted by Gasteiger charge is 2.41. The molecule has 1 heterocycles. The average molecular weight is 365 g/mol. The molecule has 0 aliphatic carbocycles. The average Bonchev–Trinajstić information content (AvgIpc) is 2.92. The Morgan fingerprint density at radius 3 is 2.22 bits per heavy atom. The fraction of sp³-hybridized carbons (Fsp3) is 0.318. The summed E-state index contributed by atoms with van der Waals surface area (Å²) in [5, 5.41) is 9.45. The second-order valence-corrected chi connectivity index (χ2v) is 6.65. The third-order valence-electron chi connectivity index (χ3n) is 5.09. The molecule has 0 bridgehead atoms. The standard InChI is InChI=1S/C22H23NO4/c1-4-8-15-13(5-2)11-12-14(6-3)19(15)23-20(24)16-9-7-10-17(22(26)27)18(16)21(23)25/h7,9-12H,4-6,8H2,1-3H3,(H,26,27). The summed E-state index contributed by atoms with van der Waals surface area (Å²) in [5.74, 6) is -2.20. The number of aryl methyl sites for hydroxylation is 2. The van der Waals surface area contributed by atoms with E-state index in [1.165, 1.54) is 23.1 Å². The summed E-state index contributed by atoms with van der Waals surface area (Å²) < 4.78 is 0. The number of benzene rings is 2. The van der Waals surface area contributed by atoms with Gasteiger partial charge in [-0.2, -0.15) is 0 Å². The van der Waals surface area contributed by atoms with Crippen molar-refractivity contribution < 1.29 is 19.5 Å². The maximum Gasteiger partial charge on any atom is 0.336 e. The van der Waals surface area contributed by atoms with Crippen LogP contribution in [-0.4, -0.2) is 22.9 Å². The van der Waals surface area contributed by atoms with Crippen LogP contribution in [0.2, 0.25) is 0 Å². The number of hydrogen-bond acceptors (Lipinski definition) is 3. The van der Waals surface area contributed by atoms with Gasteiger partial charge in [-0.3, -0.25) is 9.59 Å². The van der Waals surface area contributed by atoms with Crippen LogP contribution in [0.4, 0.5) is 5.69 Å². The molecule has 2 amide bonds. The topological polar surface area (TPSA) is 74.7 Å². The van der Waals surface area contributed by atoms with E-state index in [1.54, 1.807) is 0 Å². The van der Waals surface area contributed by atoms with Crippen molar-refractivity contribution >= 4 is 23.5 Å². The Balaban J connectivity index is 2.27. The minimum absolute atomic E-state index is 0.0126. The van der Waals surface area contributed by atoms with E-state index in [2.05, 4.69) is 19.9 Å². The van der Waals surface area contributed by atoms with Crippen LogP contribution in [0.15, 0.2) is 30.3 Å². The first-order chi connectivity index (χ1) is 13.0. The van der Waals surface area contributed by atoms with Crippen LogP contribution in [0.1, 0.15) is 75.0 Å². The van der Waals surface area contributed by atoms with Gasteiger partial charge in [-0.1, -0.05) is 45.4 Å². The number of anilines is 1. The molecule has 3 rings (SSSR count). The van der Waals surface area contributed by atoms with E-state index < -0.39 is 17.8 Å². The van der Waals surface area contributed by atoms with Crippen LogP contribution in [-0.2, 0) is 19.3 Å². The van der Waals surface area contributed by atoms with Gasteiger partial charge < -0.3 is 5.11 Å². The van der Waals surface area contributed by atoms with Gasteiger partial charge in [0.05, 0.1) is 22.4 Å². The Morgan fingerprint density at radius 1 is 0.963 bits per heavy atom. The van der Waals surface area contributed by atoms with Crippen molar-refractivity contribution in [1.82, 2.24) is 0 Å². The molecule has 1 aliphatic heterocycles. The summed E-state index contributed by atoms with van der Waals surface area (Å²) in [6, 6.07) is 8.43. The lowest BCUT2D eigenvalue weighted by Crippen LogP contribution is -2.32. The zero-order valence-corrected chi connectivity index (χ0v) is 15.8. The molecule has 2 aromatic rings. The minimum atomic E-state index is -1.21. The van der Waals surface area contributed by atoms with E-state index >= 15 is 0 Å². The number of rotatable bonds is 6. The number of amides is 2. The Kier molecular flexibility index (Phi) is 5.13. The Labute approximate surface area is 158 Å². The molecule has 2 aromatic carbocycles. The summed E-state index contributed by atoms with van der Waals surface area (Å²) in [4.78, 5) is 39.1. The van der Waals surface area contributed by atoms with Crippen LogP contribution < -0.4 is 4.90 Å².